The quantitative estimate of drug-likeness (QED) is 0.643. The molecule has 26 heavy (non-hydrogen) atoms. The summed E-state index contributed by atoms with van der Waals surface area (Å²) in [6, 6.07) is 19.2. The summed E-state index contributed by atoms with van der Waals surface area (Å²) >= 11 is 1.17. The van der Waals surface area contributed by atoms with Gasteiger partial charge in [0.15, 0.2) is 0 Å². The van der Waals surface area contributed by atoms with Crippen LogP contribution in [0, 0.1) is 11.3 Å². The van der Waals surface area contributed by atoms with Crippen molar-refractivity contribution in [3.8, 4) is 11.8 Å². The zero-order valence-corrected chi connectivity index (χ0v) is 15.6. The third-order valence-electron chi connectivity index (χ3n) is 3.80. The first-order valence-electron chi connectivity index (χ1n) is 7.74. The van der Waals surface area contributed by atoms with Gasteiger partial charge >= 0.3 is 0 Å². The van der Waals surface area contributed by atoms with Gasteiger partial charge in [-0.25, -0.2) is 8.42 Å². The molecule has 0 fully saturated rings. The summed E-state index contributed by atoms with van der Waals surface area (Å²) in [5.41, 5.74) is 1.77. The molecular weight excluding hydrogens is 368 g/mol. The Morgan fingerprint density at radius 2 is 1.81 bits per heavy atom. The van der Waals surface area contributed by atoms with E-state index in [1.54, 1.807) is 66.0 Å². The number of hydrogen-bond donors (Lipinski definition) is 0. The monoisotopic (exact) mass is 384 g/mol. The fourth-order valence-electron chi connectivity index (χ4n) is 2.50. The van der Waals surface area contributed by atoms with E-state index in [2.05, 4.69) is 6.07 Å². The summed E-state index contributed by atoms with van der Waals surface area (Å²) in [7, 11) is -2.24. The van der Waals surface area contributed by atoms with Crippen LogP contribution >= 0.6 is 11.3 Å². The Balaban J connectivity index is 2.08. The molecule has 3 aromatic rings. The lowest BCUT2D eigenvalue weighted by molar-refractivity contribution is 0.415. The van der Waals surface area contributed by atoms with Crippen LogP contribution in [0.5, 0.6) is 5.75 Å². The summed E-state index contributed by atoms with van der Waals surface area (Å²) in [5, 5.41) is 10.7. The van der Waals surface area contributed by atoms with Gasteiger partial charge in [0.2, 0.25) is 0 Å². The fraction of sp³-hybridized carbons (Fsp3) is 0.105. The van der Waals surface area contributed by atoms with E-state index in [-0.39, 0.29) is 10.8 Å². The number of thiophene rings is 1. The van der Waals surface area contributed by atoms with Gasteiger partial charge in [0.05, 0.1) is 31.0 Å². The largest absolute Gasteiger partial charge is 0.495 e. The molecule has 0 aliphatic heterocycles. The molecule has 132 valence electrons. The summed E-state index contributed by atoms with van der Waals surface area (Å²) < 4.78 is 33.4. The molecular formula is C19H16N2O3S2. The molecule has 0 bridgehead atoms. The number of anilines is 1. The summed E-state index contributed by atoms with van der Waals surface area (Å²) in [6.07, 6.45) is 0. The highest BCUT2D eigenvalue weighted by atomic mass is 32.2. The Hall–Kier alpha value is -2.82. The maximum absolute atomic E-state index is 13.2. The number of ether oxygens (including phenoxy) is 1. The lowest BCUT2D eigenvalue weighted by atomic mass is 10.1. The van der Waals surface area contributed by atoms with Crippen molar-refractivity contribution in [2.45, 2.75) is 10.8 Å². The first kappa shape index (κ1) is 18.0. The molecule has 0 atom stereocenters. The van der Waals surface area contributed by atoms with Gasteiger partial charge in [0.1, 0.15) is 9.96 Å². The topological polar surface area (TPSA) is 70.4 Å². The highest BCUT2D eigenvalue weighted by molar-refractivity contribution is 7.94. The number of nitriles is 1. The average Bonchev–Trinajstić information content (AvgIpc) is 3.22. The van der Waals surface area contributed by atoms with Crippen LogP contribution in [-0.4, -0.2) is 15.5 Å². The summed E-state index contributed by atoms with van der Waals surface area (Å²) in [6.45, 7) is 0.131. The van der Waals surface area contributed by atoms with Crippen LogP contribution < -0.4 is 9.04 Å². The van der Waals surface area contributed by atoms with Crippen molar-refractivity contribution in [3.05, 3.63) is 77.2 Å². The van der Waals surface area contributed by atoms with E-state index in [0.717, 1.165) is 5.56 Å². The van der Waals surface area contributed by atoms with Gasteiger partial charge in [-0.3, -0.25) is 4.31 Å². The number of hydrogen-bond acceptors (Lipinski definition) is 5. The van der Waals surface area contributed by atoms with Gasteiger partial charge in [-0.05, 0) is 41.3 Å². The average molecular weight is 384 g/mol. The Labute approximate surface area is 156 Å². The molecule has 7 heteroatoms. The fourth-order valence-corrected chi connectivity index (χ4v) is 5.07. The van der Waals surface area contributed by atoms with E-state index >= 15 is 0 Å². The Kier molecular flexibility index (Phi) is 5.26. The molecule has 0 saturated heterocycles. The molecule has 0 radical (unpaired) electrons. The maximum atomic E-state index is 13.2. The molecule has 1 aromatic heterocycles. The number of para-hydroxylation sites is 2. The molecule has 0 amide bonds. The van der Waals surface area contributed by atoms with Crippen LogP contribution in [0.2, 0.25) is 0 Å². The van der Waals surface area contributed by atoms with Crippen molar-refractivity contribution in [1.29, 1.82) is 5.26 Å². The smallest absolute Gasteiger partial charge is 0.274 e. The second-order valence-electron chi connectivity index (χ2n) is 5.42. The van der Waals surface area contributed by atoms with Gasteiger partial charge in [-0.2, -0.15) is 5.26 Å². The molecule has 3 rings (SSSR count). The molecule has 5 nitrogen and oxygen atoms in total. The molecule has 0 saturated carbocycles. The molecule has 0 unspecified atom stereocenters. The molecule has 0 N–H and O–H groups in total. The van der Waals surface area contributed by atoms with Crippen LogP contribution in [0.15, 0.2) is 70.3 Å². The van der Waals surface area contributed by atoms with Crippen LogP contribution in [-0.2, 0) is 16.6 Å². The van der Waals surface area contributed by atoms with Gasteiger partial charge < -0.3 is 4.74 Å². The third kappa shape index (κ3) is 3.57. The van der Waals surface area contributed by atoms with Gasteiger partial charge in [-0.1, -0.05) is 30.3 Å². The van der Waals surface area contributed by atoms with Crippen LogP contribution in [0.1, 0.15) is 11.1 Å². The molecule has 0 aliphatic carbocycles. The second kappa shape index (κ2) is 7.60. The van der Waals surface area contributed by atoms with E-state index in [1.807, 2.05) is 0 Å². The maximum Gasteiger partial charge on any atom is 0.274 e. The zero-order chi connectivity index (χ0) is 18.6. The van der Waals surface area contributed by atoms with E-state index < -0.39 is 10.0 Å². The molecule has 1 heterocycles. The summed E-state index contributed by atoms with van der Waals surface area (Å²) in [5.74, 6) is 0.473. The summed E-state index contributed by atoms with van der Waals surface area (Å²) in [4.78, 5) is 0. The van der Waals surface area contributed by atoms with Gasteiger partial charge in [-0.15, -0.1) is 11.3 Å². The first-order chi connectivity index (χ1) is 12.6. The number of nitrogens with zero attached hydrogens (tertiary/aromatic N) is 2. The van der Waals surface area contributed by atoms with E-state index in [0.29, 0.717) is 17.0 Å². The van der Waals surface area contributed by atoms with Crippen molar-refractivity contribution in [2.24, 2.45) is 0 Å². The van der Waals surface area contributed by atoms with Crippen LogP contribution in [0.25, 0.3) is 0 Å². The van der Waals surface area contributed by atoms with Crippen molar-refractivity contribution in [2.75, 3.05) is 11.4 Å². The minimum atomic E-state index is -3.75. The number of methoxy groups -OCH3 is 1. The lowest BCUT2D eigenvalue weighted by Crippen LogP contribution is -2.30. The van der Waals surface area contributed by atoms with Crippen molar-refractivity contribution in [3.63, 3.8) is 0 Å². The molecule has 2 aromatic carbocycles. The number of rotatable bonds is 6. The highest BCUT2D eigenvalue weighted by Crippen LogP contribution is 2.34. The van der Waals surface area contributed by atoms with E-state index in [4.69, 9.17) is 10.00 Å². The van der Waals surface area contributed by atoms with E-state index in [9.17, 15) is 8.42 Å². The Morgan fingerprint density at radius 3 is 2.42 bits per heavy atom. The SMILES string of the molecule is COc1ccccc1N(Cc1ccc(C#N)cc1)S(=O)(=O)c1cccs1. The first-order valence-corrected chi connectivity index (χ1v) is 10.1. The minimum absolute atomic E-state index is 0.131. The standard InChI is InChI=1S/C19H16N2O3S2/c1-24-18-6-3-2-5-17(18)21(26(22,23)19-7-4-12-25-19)14-16-10-8-15(13-20)9-11-16/h2-12H,14H2,1H3. The number of sulfonamides is 1. The van der Waals surface area contributed by atoms with Gasteiger partial charge in [0.25, 0.3) is 10.0 Å². The van der Waals surface area contributed by atoms with Crippen molar-refractivity contribution >= 4 is 27.0 Å². The van der Waals surface area contributed by atoms with Crippen molar-refractivity contribution in [1.82, 2.24) is 0 Å². The van der Waals surface area contributed by atoms with Crippen LogP contribution in [0.4, 0.5) is 5.69 Å². The van der Waals surface area contributed by atoms with Gasteiger partial charge in [0, 0.05) is 0 Å². The Morgan fingerprint density at radius 1 is 1.08 bits per heavy atom. The third-order valence-corrected chi connectivity index (χ3v) is 6.94. The minimum Gasteiger partial charge on any atom is -0.495 e. The highest BCUT2D eigenvalue weighted by Gasteiger charge is 2.28. The van der Waals surface area contributed by atoms with E-state index in [1.165, 1.54) is 22.8 Å². The predicted octanol–water partition coefficient (Wildman–Crippen LogP) is 4.02. The zero-order valence-electron chi connectivity index (χ0n) is 14.0. The second-order valence-corrected chi connectivity index (χ2v) is 8.46. The van der Waals surface area contributed by atoms with Crippen LogP contribution in [0.3, 0.4) is 0 Å². The van der Waals surface area contributed by atoms with Crippen molar-refractivity contribution < 1.29 is 13.2 Å². The molecule has 0 aliphatic rings. The molecule has 0 spiro atoms. The number of benzene rings is 2. The Bertz CT molecular complexity index is 1020. The lowest BCUT2D eigenvalue weighted by Gasteiger charge is -2.25. The normalized spacial score (nSPS) is 10.9. The predicted molar refractivity (Wildman–Crippen MR) is 102 cm³/mol.